The van der Waals surface area contributed by atoms with Crippen molar-refractivity contribution in [1.29, 1.82) is 0 Å². The molecule has 1 heterocycles. The number of hydrogen-bond donors (Lipinski definition) is 1. The van der Waals surface area contributed by atoms with Crippen molar-refractivity contribution < 1.29 is 18.8 Å². The fraction of sp³-hybridized carbons (Fsp3) is 0.118. The van der Waals surface area contributed by atoms with Crippen LogP contribution in [0.4, 0.5) is 10.1 Å². The summed E-state index contributed by atoms with van der Waals surface area (Å²) in [6, 6.07) is 9.92. The van der Waals surface area contributed by atoms with E-state index >= 15 is 0 Å². The van der Waals surface area contributed by atoms with E-state index in [-0.39, 0.29) is 24.1 Å². The van der Waals surface area contributed by atoms with Crippen LogP contribution < -0.4 is 5.32 Å². The number of benzene rings is 2. The van der Waals surface area contributed by atoms with Crippen LogP contribution in [0.2, 0.25) is 5.02 Å². The maximum absolute atomic E-state index is 13.1. The maximum Gasteiger partial charge on any atom is 0.261 e. The molecule has 2 aromatic rings. The van der Waals surface area contributed by atoms with Gasteiger partial charge in [0.1, 0.15) is 5.82 Å². The van der Waals surface area contributed by atoms with Crippen molar-refractivity contribution in [3.05, 3.63) is 64.4 Å². The third-order valence-corrected chi connectivity index (χ3v) is 3.84. The van der Waals surface area contributed by atoms with E-state index in [1.54, 1.807) is 6.07 Å². The van der Waals surface area contributed by atoms with Gasteiger partial charge in [-0.2, -0.15) is 0 Å². The molecule has 0 atom stereocenters. The Kier molecular flexibility index (Phi) is 4.31. The Bertz CT molecular complexity index is 853. The van der Waals surface area contributed by atoms with E-state index in [4.69, 9.17) is 11.6 Å². The number of imide groups is 1. The molecule has 0 spiro atoms. The molecule has 3 amide bonds. The first kappa shape index (κ1) is 16.1. The molecule has 1 N–H and O–H groups in total. The summed E-state index contributed by atoms with van der Waals surface area (Å²) < 4.78 is 13.1. The first-order valence-corrected chi connectivity index (χ1v) is 7.54. The summed E-state index contributed by atoms with van der Waals surface area (Å²) in [6.07, 6.45) is -0.0876. The third kappa shape index (κ3) is 3.14. The highest BCUT2D eigenvalue weighted by molar-refractivity contribution is 6.32. The summed E-state index contributed by atoms with van der Waals surface area (Å²) in [5.41, 5.74) is 0.821. The van der Waals surface area contributed by atoms with Gasteiger partial charge in [0.25, 0.3) is 11.8 Å². The molecule has 5 nitrogen and oxygen atoms in total. The second-order valence-electron chi connectivity index (χ2n) is 5.26. The van der Waals surface area contributed by atoms with Crippen LogP contribution in [0.5, 0.6) is 0 Å². The summed E-state index contributed by atoms with van der Waals surface area (Å²) in [6.45, 7) is -0.0644. The van der Waals surface area contributed by atoms with Gasteiger partial charge >= 0.3 is 0 Å². The monoisotopic (exact) mass is 346 g/mol. The van der Waals surface area contributed by atoms with Gasteiger partial charge in [-0.15, -0.1) is 0 Å². The van der Waals surface area contributed by atoms with Gasteiger partial charge in [0, 0.05) is 23.7 Å². The van der Waals surface area contributed by atoms with Crippen LogP contribution in [-0.2, 0) is 4.79 Å². The average molecular weight is 347 g/mol. The highest BCUT2D eigenvalue weighted by atomic mass is 35.5. The summed E-state index contributed by atoms with van der Waals surface area (Å²) in [4.78, 5) is 37.4. The lowest BCUT2D eigenvalue weighted by molar-refractivity contribution is -0.116. The Morgan fingerprint density at radius 3 is 2.58 bits per heavy atom. The van der Waals surface area contributed by atoms with Crippen molar-refractivity contribution in [1.82, 2.24) is 4.90 Å². The van der Waals surface area contributed by atoms with Crippen molar-refractivity contribution in [2.75, 3.05) is 11.9 Å². The van der Waals surface area contributed by atoms with Crippen LogP contribution in [0.15, 0.2) is 42.5 Å². The van der Waals surface area contributed by atoms with Crippen LogP contribution in [-0.4, -0.2) is 29.2 Å². The van der Waals surface area contributed by atoms with Gasteiger partial charge in [-0.25, -0.2) is 4.39 Å². The van der Waals surface area contributed by atoms with Gasteiger partial charge in [-0.3, -0.25) is 19.3 Å². The van der Waals surface area contributed by atoms with Crippen molar-refractivity contribution in [3.8, 4) is 0 Å². The number of fused-ring (bicyclic) bond motifs is 1. The molecule has 122 valence electrons. The van der Waals surface area contributed by atoms with Crippen LogP contribution in [0, 0.1) is 5.82 Å². The molecule has 0 saturated heterocycles. The van der Waals surface area contributed by atoms with Crippen LogP contribution in [0.3, 0.4) is 0 Å². The fourth-order valence-corrected chi connectivity index (χ4v) is 2.64. The van der Waals surface area contributed by atoms with Gasteiger partial charge in [-0.1, -0.05) is 17.7 Å². The second-order valence-corrected chi connectivity index (χ2v) is 5.70. The summed E-state index contributed by atoms with van der Waals surface area (Å²) in [5, 5.41) is 2.88. The standard InChI is InChI=1S/C17H12ClFN2O3/c18-10-4-5-13-14(8-10)17(24)21(16(13)23)7-6-15(22)20-12-3-1-2-11(19)9-12/h1-5,8-9H,6-7H2,(H,20,22). The molecule has 0 aromatic heterocycles. The molecule has 1 aliphatic heterocycles. The lowest BCUT2D eigenvalue weighted by atomic mass is 10.1. The molecule has 0 bridgehead atoms. The number of carbonyl (C=O) groups excluding carboxylic acids is 3. The Hall–Kier alpha value is -2.73. The highest BCUT2D eigenvalue weighted by Gasteiger charge is 2.35. The highest BCUT2D eigenvalue weighted by Crippen LogP contribution is 2.25. The predicted molar refractivity (Wildman–Crippen MR) is 86.5 cm³/mol. The van der Waals surface area contributed by atoms with Crippen molar-refractivity contribution in [2.45, 2.75) is 6.42 Å². The lowest BCUT2D eigenvalue weighted by Gasteiger charge is -2.13. The van der Waals surface area contributed by atoms with Gasteiger partial charge in [0.05, 0.1) is 11.1 Å². The molecular weight excluding hydrogens is 335 g/mol. The van der Waals surface area contributed by atoms with Crippen LogP contribution >= 0.6 is 11.6 Å². The lowest BCUT2D eigenvalue weighted by Crippen LogP contribution is -2.32. The topological polar surface area (TPSA) is 66.5 Å². The van der Waals surface area contributed by atoms with E-state index in [0.29, 0.717) is 10.7 Å². The minimum Gasteiger partial charge on any atom is -0.326 e. The first-order valence-electron chi connectivity index (χ1n) is 7.17. The number of hydrogen-bond acceptors (Lipinski definition) is 3. The maximum atomic E-state index is 13.1. The van der Waals surface area contributed by atoms with Crippen molar-refractivity contribution >= 4 is 35.0 Å². The Morgan fingerprint density at radius 2 is 1.83 bits per heavy atom. The molecule has 0 fully saturated rings. The average Bonchev–Trinajstić information content (AvgIpc) is 2.76. The number of carbonyl (C=O) groups is 3. The van der Waals surface area contributed by atoms with Gasteiger partial charge < -0.3 is 5.32 Å². The third-order valence-electron chi connectivity index (χ3n) is 3.60. The van der Waals surface area contributed by atoms with E-state index in [1.807, 2.05) is 0 Å². The number of anilines is 1. The number of nitrogens with zero attached hydrogens (tertiary/aromatic N) is 1. The normalized spacial score (nSPS) is 13.2. The van der Waals surface area contributed by atoms with Gasteiger partial charge in [0.2, 0.25) is 5.91 Å². The van der Waals surface area contributed by atoms with Crippen molar-refractivity contribution in [3.63, 3.8) is 0 Å². The van der Waals surface area contributed by atoms with E-state index in [1.165, 1.54) is 36.4 Å². The number of rotatable bonds is 4. The molecule has 24 heavy (non-hydrogen) atoms. The van der Waals surface area contributed by atoms with E-state index in [2.05, 4.69) is 5.32 Å². The number of nitrogens with one attached hydrogen (secondary N) is 1. The Labute approximate surface area is 142 Å². The Morgan fingerprint density at radius 1 is 1.08 bits per heavy atom. The molecule has 0 unspecified atom stereocenters. The molecule has 0 aliphatic carbocycles. The number of amides is 3. The minimum absolute atomic E-state index is 0.0644. The van der Waals surface area contributed by atoms with E-state index in [9.17, 15) is 18.8 Å². The zero-order chi connectivity index (χ0) is 17.3. The fourth-order valence-electron chi connectivity index (χ4n) is 2.47. The smallest absolute Gasteiger partial charge is 0.261 e. The summed E-state index contributed by atoms with van der Waals surface area (Å²) in [7, 11) is 0. The van der Waals surface area contributed by atoms with Crippen LogP contribution in [0.1, 0.15) is 27.1 Å². The van der Waals surface area contributed by atoms with Crippen molar-refractivity contribution in [2.24, 2.45) is 0 Å². The molecule has 0 radical (unpaired) electrons. The molecule has 1 aliphatic rings. The molecular formula is C17H12ClFN2O3. The SMILES string of the molecule is O=C(CCN1C(=O)c2ccc(Cl)cc2C1=O)Nc1cccc(F)c1. The quantitative estimate of drug-likeness (QED) is 0.865. The first-order chi connectivity index (χ1) is 11.5. The summed E-state index contributed by atoms with van der Waals surface area (Å²) >= 11 is 5.84. The zero-order valence-electron chi connectivity index (χ0n) is 12.4. The largest absolute Gasteiger partial charge is 0.326 e. The number of halogens is 2. The molecule has 7 heteroatoms. The van der Waals surface area contributed by atoms with Gasteiger partial charge in [-0.05, 0) is 36.4 Å². The molecule has 0 saturated carbocycles. The second kappa shape index (κ2) is 6.41. The van der Waals surface area contributed by atoms with Crippen LogP contribution in [0.25, 0.3) is 0 Å². The summed E-state index contributed by atoms with van der Waals surface area (Å²) in [5.74, 6) is -1.82. The Balaban J connectivity index is 1.64. The van der Waals surface area contributed by atoms with E-state index < -0.39 is 23.5 Å². The minimum atomic E-state index is -0.476. The predicted octanol–water partition coefficient (Wildman–Crippen LogP) is 3.10. The zero-order valence-corrected chi connectivity index (χ0v) is 13.1. The molecule has 2 aromatic carbocycles. The molecule has 3 rings (SSSR count). The van der Waals surface area contributed by atoms with Gasteiger partial charge in [0.15, 0.2) is 0 Å². The van der Waals surface area contributed by atoms with E-state index in [0.717, 1.165) is 4.90 Å².